The third kappa shape index (κ3) is 9.44. The fourth-order valence-electron chi connectivity index (χ4n) is 3.05. The summed E-state index contributed by atoms with van der Waals surface area (Å²) in [6.45, 7) is 3.82. The predicted octanol–water partition coefficient (Wildman–Crippen LogP) is 3.09. The molecule has 3 atom stereocenters. The van der Waals surface area contributed by atoms with E-state index in [-0.39, 0.29) is 24.7 Å². The Balaban J connectivity index is 1.94. The number of nitrogens with one attached hydrogen (secondary N) is 2. The number of carbonyl (C=O) groups excluding carboxylic acids is 2. The smallest absolute Gasteiger partial charge is 0.408 e. The van der Waals surface area contributed by atoms with E-state index in [2.05, 4.69) is 10.6 Å². The van der Waals surface area contributed by atoms with Gasteiger partial charge in [0.15, 0.2) is 0 Å². The number of alkyl carbamates (subject to hydrolysis) is 1. The summed E-state index contributed by atoms with van der Waals surface area (Å²) in [6, 6.07) is 15.6. The summed E-state index contributed by atoms with van der Waals surface area (Å²) in [5.74, 6) is -1.73. The van der Waals surface area contributed by atoms with Gasteiger partial charge in [-0.15, -0.1) is 0 Å². The van der Waals surface area contributed by atoms with Gasteiger partial charge in [0.25, 0.3) is 0 Å². The number of aliphatic carboxylic acids is 1. The summed E-state index contributed by atoms with van der Waals surface area (Å²) < 4.78 is 17.6. The molecule has 0 bridgehead atoms. The molecule has 0 radical (unpaired) electrons. The number of benzene rings is 2. The van der Waals surface area contributed by atoms with Crippen molar-refractivity contribution in [2.24, 2.45) is 5.92 Å². The molecule has 2 aromatic carbocycles. The van der Waals surface area contributed by atoms with Crippen LogP contribution < -0.4 is 10.6 Å². The molecule has 0 aliphatic rings. The Labute approximate surface area is 196 Å². The second kappa shape index (κ2) is 13.4. The average Bonchev–Trinajstić information content (AvgIpc) is 2.80. The number of carboxylic acid groups (broad SMARTS) is 1. The maximum atomic E-state index is 12.8. The molecule has 2 rings (SSSR count). The molecule has 0 saturated carbocycles. The topological polar surface area (TPSA) is 122 Å². The molecule has 0 unspecified atom stereocenters. The highest BCUT2D eigenvalue weighted by molar-refractivity contribution is 7.85. The first-order valence-electron chi connectivity index (χ1n) is 10.7. The van der Waals surface area contributed by atoms with Crippen LogP contribution in [0.15, 0.2) is 65.6 Å². The molecule has 0 aliphatic carbocycles. The molecule has 0 heterocycles. The van der Waals surface area contributed by atoms with E-state index in [1.807, 2.05) is 44.2 Å². The molecule has 9 heteroatoms. The number of carboxylic acids is 1. The Bertz CT molecular complexity index is 936. The van der Waals surface area contributed by atoms with Crippen molar-refractivity contribution in [3.63, 3.8) is 0 Å². The van der Waals surface area contributed by atoms with E-state index < -0.39 is 40.9 Å². The molecular weight excluding hydrogens is 444 g/mol. The van der Waals surface area contributed by atoms with E-state index in [9.17, 15) is 23.7 Å². The standard InChI is InChI=1S/C24H30N2O6S/c1-17(2)15-21(26-24(30)32-16-18-9-5-3-6-10-18)22(27)25-20(23(28)29)13-14-33(31)19-11-7-4-8-12-19/h3-12,17,20-21H,13-16H2,1-2H3,(H,25,27)(H,26,30)(H,28,29)/t20-,21-,33+/m0/s1. The zero-order chi connectivity index (χ0) is 24.2. The summed E-state index contributed by atoms with van der Waals surface area (Å²) >= 11 is 0. The lowest BCUT2D eigenvalue weighted by molar-refractivity contribution is -0.142. The Morgan fingerprint density at radius 2 is 1.55 bits per heavy atom. The van der Waals surface area contributed by atoms with Crippen LogP contribution in [0.25, 0.3) is 0 Å². The van der Waals surface area contributed by atoms with Gasteiger partial charge in [-0.3, -0.25) is 9.00 Å². The van der Waals surface area contributed by atoms with Crippen LogP contribution in [0.5, 0.6) is 0 Å². The number of carbonyl (C=O) groups is 3. The quantitative estimate of drug-likeness (QED) is 0.435. The maximum absolute atomic E-state index is 12.8. The summed E-state index contributed by atoms with van der Waals surface area (Å²) in [5.41, 5.74) is 0.801. The highest BCUT2D eigenvalue weighted by atomic mass is 32.2. The molecule has 3 N–H and O–H groups in total. The summed E-state index contributed by atoms with van der Waals surface area (Å²) in [4.78, 5) is 37.3. The van der Waals surface area contributed by atoms with E-state index in [0.717, 1.165) is 5.56 Å². The molecule has 0 aliphatic heterocycles. The molecule has 8 nitrogen and oxygen atoms in total. The third-order valence-corrected chi connectivity index (χ3v) is 6.15. The van der Waals surface area contributed by atoms with Gasteiger partial charge in [0.1, 0.15) is 18.7 Å². The van der Waals surface area contributed by atoms with Crippen LogP contribution in [0.2, 0.25) is 0 Å². The van der Waals surface area contributed by atoms with Gasteiger partial charge in [-0.1, -0.05) is 62.4 Å². The molecule has 0 aromatic heterocycles. The summed E-state index contributed by atoms with van der Waals surface area (Å²) in [5, 5.41) is 14.5. The van der Waals surface area contributed by atoms with Gasteiger partial charge in [0.2, 0.25) is 5.91 Å². The van der Waals surface area contributed by atoms with Crippen molar-refractivity contribution < 1.29 is 28.4 Å². The van der Waals surface area contributed by atoms with Crippen molar-refractivity contribution in [3.05, 3.63) is 66.2 Å². The van der Waals surface area contributed by atoms with Crippen LogP contribution in [-0.2, 0) is 31.7 Å². The van der Waals surface area contributed by atoms with Crippen molar-refractivity contribution in [1.29, 1.82) is 0 Å². The van der Waals surface area contributed by atoms with Crippen molar-refractivity contribution in [3.8, 4) is 0 Å². The van der Waals surface area contributed by atoms with Gasteiger partial charge in [0, 0.05) is 10.6 Å². The van der Waals surface area contributed by atoms with Gasteiger partial charge in [-0.05, 0) is 36.5 Å². The van der Waals surface area contributed by atoms with Crippen LogP contribution in [0.4, 0.5) is 4.79 Å². The van der Waals surface area contributed by atoms with Gasteiger partial charge in [0.05, 0.1) is 10.8 Å². The molecular formula is C24H30N2O6S. The SMILES string of the molecule is CC(C)C[C@H](NC(=O)OCc1ccccc1)C(=O)N[C@@H](CC[S@@](=O)c1ccccc1)C(=O)O. The maximum Gasteiger partial charge on any atom is 0.408 e. The second-order valence-corrected chi connectivity index (χ2v) is 9.51. The Hall–Kier alpha value is -3.20. The van der Waals surface area contributed by atoms with E-state index in [1.165, 1.54) is 0 Å². The number of ether oxygens (including phenoxy) is 1. The Kier molecular flexibility index (Phi) is 10.6. The van der Waals surface area contributed by atoms with Crippen LogP contribution in [0.1, 0.15) is 32.3 Å². The molecule has 0 fully saturated rings. The minimum absolute atomic E-state index is 0.0184. The lowest BCUT2D eigenvalue weighted by Crippen LogP contribution is -2.52. The van der Waals surface area contributed by atoms with E-state index in [1.54, 1.807) is 30.3 Å². The van der Waals surface area contributed by atoms with Crippen molar-refractivity contribution in [2.75, 3.05) is 5.75 Å². The van der Waals surface area contributed by atoms with Crippen LogP contribution in [0, 0.1) is 5.92 Å². The zero-order valence-corrected chi connectivity index (χ0v) is 19.5. The van der Waals surface area contributed by atoms with E-state index in [0.29, 0.717) is 11.3 Å². The minimum Gasteiger partial charge on any atom is -0.480 e. The van der Waals surface area contributed by atoms with E-state index >= 15 is 0 Å². The minimum atomic E-state index is -1.39. The van der Waals surface area contributed by atoms with Gasteiger partial charge in [-0.25, -0.2) is 9.59 Å². The van der Waals surface area contributed by atoms with Crippen LogP contribution in [-0.4, -0.2) is 45.1 Å². The van der Waals surface area contributed by atoms with Crippen LogP contribution in [0.3, 0.4) is 0 Å². The predicted molar refractivity (Wildman–Crippen MR) is 125 cm³/mol. The lowest BCUT2D eigenvalue weighted by Gasteiger charge is -2.22. The van der Waals surface area contributed by atoms with Gasteiger partial charge < -0.3 is 20.5 Å². The number of hydrogen-bond acceptors (Lipinski definition) is 5. The molecule has 178 valence electrons. The molecule has 33 heavy (non-hydrogen) atoms. The van der Waals surface area contributed by atoms with Crippen molar-refractivity contribution >= 4 is 28.8 Å². The lowest BCUT2D eigenvalue weighted by atomic mass is 10.0. The Morgan fingerprint density at radius 1 is 0.939 bits per heavy atom. The molecule has 0 saturated heterocycles. The monoisotopic (exact) mass is 474 g/mol. The highest BCUT2D eigenvalue weighted by Crippen LogP contribution is 2.10. The number of rotatable bonds is 12. The van der Waals surface area contributed by atoms with Crippen LogP contribution >= 0.6 is 0 Å². The van der Waals surface area contributed by atoms with Gasteiger partial charge in [-0.2, -0.15) is 0 Å². The molecule has 2 amide bonds. The zero-order valence-electron chi connectivity index (χ0n) is 18.7. The fourth-order valence-corrected chi connectivity index (χ4v) is 4.20. The summed E-state index contributed by atoms with van der Waals surface area (Å²) in [6.07, 6.45) is -0.485. The molecule has 2 aromatic rings. The second-order valence-electron chi connectivity index (χ2n) is 7.94. The first-order valence-corrected chi connectivity index (χ1v) is 12.0. The summed E-state index contributed by atoms with van der Waals surface area (Å²) in [7, 11) is -1.39. The average molecular weight is 475 g/mol. The van der Waals surface area contributed by atoms with Crippen molar-refractivity contribution in [1.82, 2.24) is 10.6 Å². The van der Waals surface area contributed by atoms with E-state index in [4.69, 9.17) is 4.74 Å². The normalized spacial score (nSPS) is 13.5. The first kappa shape index (κ1) is 26.1. The van der Waals surface area contributed by atoms with Crippen molar-refractivity contribution in [2.45, 2.75) is 50.3 Å². The third-order valence-electron chi connectivity index (χ3n) is 4.74. The molecule has 0 spiro atoms. The fraction of sp³-hybridized carbons (Fsp3) is 0.375. The number of hydrogen-bond donors (Lipinski definition) is 3. The number of amides is 2. The van der Waals surface area contributed by atoms with Gasteiger partial charge >= 0.3 is 12.1 Å². The first-order chi connectivity index (χ1) is 15.8. The Morgan fingerprint density at radius 3 is 2.12 bits per heavy atom. The highest BCUT2D eigenvalue weighted by Gasteiger charge is 2.28. The largest absolute Gasteiger partial charge is 0.480 e.